The number of carbonyl (C=O) groups excluding carboxylic acids is 1. The van der Waals surface area contributed by atoms with Gasteiger partial charge in [0.1, 0.15) is 17.5 Å². The van der Waals surface area contributed by atoms with E-state index in [9.17, 15) is 13.2 Å². The number of nitrogens with one attached hydrogen (secondary N) is 1. The minimum absolute atomic E-state index is 0.161. The van der Waals surface area contributed by atoms with E-state index >= 15 is 0 Å². The van der Waals surface area contributed by atoms with Crippen LogP contribution in [0.5, 0.6) is 23.0 Å². The van der Waals surface area contributed by atoms with Gasteiger partial charge in [0.05, 0.1) is 26.2 Å². The topological polar surface area (TPSA) is 103 Å². The number of carbonyl (C=O) groups is 1. The zero-order valence-electron chi connectivity index (χ0n) is 17.2. The van der Waals surface area contributed by atoms with Crippen molar-refractivity contribution in [3.05, 3.63) is 42.0 Å². The monoisotopic (exact) mass is 436 g/mol. The second-order valence-electron chi connectivity index (χ2n) is 6.68. The van der Waals surface area contributed by atoms with Gasteiger partial charge in [0, 0.05) is 12.6 Å². The minimum Gasteiger partial charge on any atom is -0.497 e. The fourth-order valence-corrected chi connectivity index (χ4v) is 4.31. The number of methoxy groups -OCH3 is 2. The summed E-state index contributed by atoms with van der Waals surface area (Å²) in [5, 5.41) is 2.76. The van der Waals surface area contributed by atoms with Gasteiger partial charge in [-0.25, -0.2) is 8.42 Å². The fraction of sp³-hybridized carbons (Fsp3) is 0.350. The number of rotatable bonds is 8. The van der Waals surface area contributed by atoms with Gasteiger partial charge in [-0.3, -0.25) is 9.10 Å². The molecule has 0 aliphatic carbocycles. The molecule has 1 aliphatic heterocycles. The van der Waals surface area contributed by atoms with Crippen LogP contribution in [0.1, 0.15) is 12.5 Å². The normalized spacial score (nSPS) is 13.5. The molecule has 0 unspecified atom stereocenters. The van der Waals surface area contributed by atoms with E-state index in [0.29, 0.717) is 23.0 Å². The maximum absolute atomic E-state index is 12.8. The number of sulfonamides is 1. The Kier molecular flexibility index (Phi) is 6.25. The van der Waals surface area contributed by atoms with Crippen LogP contribution in [0.2, 0.25) is 0 Å². The molecule has 0 saturated carbocycles. The summed E-state index contributed by atoms with van der Waals surface area (Å²) < 4.78 is 47.3. The lowest BCUT2D eigenvalue weighted by molar-refractivity contribution is -0.122. The molecule has 1 N–H and O–H groups in total. The lowest BCUT2D eigenvalue weighted by atomic mass is 10.2. The van der Waals surface area contributed by atoms with Crippen LogP contribution in [0.15, 0.2) is 36.4 Å². The van der Waals surface area contributed by atoms with E-state index < -0.39 is 22.0 Å². The zero-order valence-corrected chi connectivity index (χ0v) is 18.0. The van der Waals surface area contributed by atoms with E-state index in [-0.39, 0.29) is 19.0 Å². The lowest BCUT2D eigenvalue weighted by Crippen LogP contribution is -2.47. The summed E-state index contributed by atoms with van der Waals surface area (Å²) in [4.78, 5) is 12.8. The lowest BCUT2D eigenvalue weighted by Gasteiger charge is -2.29. The van der Waals surface area contributed by atoms with Gasteiger partial charge in [-0.05, 0) is 36.8 Å². The molecular formula is C20H24N2O7S. The SMILES string of the molecule is COc1ccc(OC)c(N([C@H](C)C(=O)NCc2ccc3c(c2)OCO3)S(C)(=O)=O)c1. The molecule has 3 rings (SSSR count). The summed E-state index contributed by atoms with van der Waals surface area (Å²) in [5.41, 5.74) is 1.01. The number of anilines is 1. The average Bonchev–Trinajstić information content (AvgIpc) is 3.18. The molecule has 0 saturated heterocycles. The Hall–Kier alpha value is -3.14. The van der Waals surface area contributed by atoms with Crippen molar-refractivity contribution in [1.82, 2.24) is 5.32 Å². The third-order valence-corrected chi connectivity index (χ3v) is 5.84. The van der Waals surface area contributed by atoms with Gasteiger partial charge >= 0.3 is 0 Å². The van der Waals surface area contributed by atoms with Crippen LogP contribution in [-0.2, 0) is 21.4 Å². The largest absolute Gasteiger partial charge is 0.497 e. The highest BCUT2D eigenvalue weighted by Crippen LogP contribution is 2.35. The number of benzene rings is 2. The number of ether oxygens (including phenoxy) is 4. The molecule has 1 atom stereocenters. The first kappa shape index (κ1) is 21.6. The van der Waals surface area contributed by atoms with Crippen molar-refractivity contribution in [2.24, 2.45) is 0 Å². The van der Waals surface area contributed by atoms with E-state index in [0.717, 1.165) is 16.1 Å². The molecule has 1 heterocycles. The number of nitrogens with zero attached hydrogens (tertiary/aromatic N) is 1. The molecule has 0 radical (unpaired) electrons. The van der Waals surface area contributed by atoms with Gasteiger partial charge < -0.3 is 24.3 Å². The zero-order chi connectivity index (χ0) is 21.9. The highest BCUT2D eigenvalue weighted by Gasteiger charge is 2.31. The van der Waals surface area contributed by atoms with Gasteiger partial charge in [0.15, 0.2) is 11.5 Å². The van der Waals surface area contributed by atoms with Crippen LogP contribution >= 0.6 is 0 Å². The number of amides is 1. The molecule has 0 bridgehead atoms. The highest BCUT2D eigenvalue weighted by molar-refractivity contribution is 7.92. The van der Waals surface area contributed by atoms with Crippen LogP contribution < -0.4 is 28.6 Å². The molecule has 0 fully saturated rings. The Morgan fingerprint density at radius 2 is 1.87 bits per heavy atom. The molecule has 2 aromatic rings. The molecule has 1 amide bonds. The second-order valence-corrected chi connectivity index (χ2v) is 8.54. The van der Waals surface area contributed by atoms with Gasteiger partial charge in [0.25, 0.3) is 0 Å². The van der Waals surface area contributed by atoms with Crippen LogP contribution in [0.4, 0.5) is 5.69 Å². The van der Waals surface area contributed by atoms with Crippen LogP contribution in [-0.4, -0.2) is 47.6 Å². The Labute approximate surface area is 175 Å². The van der Waals surface area contributed by atoms with E-state index in [1.54, 1.807) is 30.3 Å². The van der Waals surface area contributed by atoms with E-state index in [1.165, 1.54) is 27.2 Å². The standard InChI is InChI=1S/C20H24N2O7S/c1-13(20(23)21-11-14-5-7-18-19(9-14)29-12-28-18)22(30(4,24)25)16-10-15(26-2)6-8-17(16)27-3/h5-10,13H,11-12H2,1-4H3,(H,21,23)/t13-/m1/s1. The fourth-order valence-electron chi connectivity index (χ4n) is 3.14. The average molecular weight is 436 g/mol. The molecule has 162 valence electrons. The Bertz CT molecular complexity index is 1040. The Morgan fingerprint density at radius 3 is 2.53 bits per heavy atom. The van der Waals surface area contributed by atoms with Crippen molar-refractivity contribution in [3.63, 3.8) is 0 Å². The van der Waals surface area contributed by atoms with Gasteiger partial charge in [0.2, 0.25) is 22.7 Å². The third kappa shape index (κ3) is 4.54. The van der Waals surface area contributed by atoms with E-state index in [2.05, 4.69) is 5.32 Å². The first-order valence-electron chi connectivity index (χ1n) is 9.12. The quantitative estimate of drug-likeness (QED) is 0.674. The summed E-state index contributed by atoms with van der Waals surface area (Å²) in [6, 6.07) is 9.05. The van der Waals surface area contributed by atoms with Crippen molar-refractivity contribution in [3.8, 4) is 23.0 Å². The first-order valence-corrected chi connectivity index (χ1v) is 11.0. The molecule has 0 spiro atoms. The van der Waals surface area contributed by atoms with Gasteiger partial charge in [-0.15, -0.1) is 0 Å². The summed E-state index contributed by atoms with van der Waals surface area (Å²) in [6.45, 7) is 1.87. The molecule has 0 aromatic heterocycles. The van der Waals surface area contributed by atoms with Crippen LogP contribution in [0.25, 0.3) is 0 Å². The van der Waals surface area contributed by atoms with Crippen molar-refractivity contribution in [2.45, 2.75) is 19.5 Å². The van der Waals surface area contributed by atoms with Crippen molar-refractivity contribution in [2.75, 3.05) is 31.6 Å². The number of hydrogen-bond donors (Lipinski definition) is 1. The second kappa shape index (κ2) is 8.70. The number of hydrogen-bond acceptors (Lipinski definition) is 7. The highest BCUT2D eigenvalue weighted by atomic mass is 32.2. The predicted octanol–water partition coefficient (Wildman–Crippen LogP) is 1.90. The molecule has 9 nitrogen and oxygen atoms in total. The number of fused-ring (bicyclic) bond motifs is 1. The maximum atomic E-state index is 12.8. The first-order chi connectivity index (χ1) is 14.2. The third-order valence-electron chi connectivity index (χ3n) is 4.62. The van der Waals surface area contributed by atoms with Crippen molar-refractivity contribution < 1.29 is 32.2 Å². The van der Waals surface area contributed by atoms with Gasteiger partial charge in [-0.1, -0.05) is 6.07 Å². The van der Waals surface area contributed by atoms with E-state index in [4.69, 9.17) is 18.9 Å². The Morgan fingerprint density at radius 1 is 1.13 bits per heavy atom. The molecule has 1 aliphatic rings. The predicted molar refractivity (Wildman–Crippen MR) is 111 cm³/mol. The summed E-state index contributed by atoms with van der Waals surface area (Å²) in [7, 11) is -0.914. The molecular weight excluding hydrogens is 412 g/mol. The Balaban J connectivity index is 1.82. The summed E-state index contributed by atoms with van der Waals surface area (Å²) in [5.74, 6) is 1.52. The van der Waals surface area contributed by atoms with Gasteiger partial charge in [-0.2, -0.15) is 0 Å². The molecule has 2 aromatic carbocycles. The van der Waals surface area contributed by atoms with Crippen LogP contribution in [0.3, 0.4) is 0 Å². The molecule has 10 heteroatoms. The maximum Gasteiger partial charge on any atom is 0.243 e. The van der Waals surface area contributed by atoms with Crippen molar-refractivity contribution in [1.29, 1.82) is 0 Å². The van der Waals surface area contributed by atoms with Crippen LogP contribution in [0, 0.1) is 0 Å². The smallest absolute Gasteiger partial charge is 0.243 e. The minimum atomic E-state index is -3.81. The van der Waals surface area contributed by atoms with Crippen molar-refractivity contribution >= 4 is 21.6 Å². The summed E-state index contributed by atoms with van der Waals surface area (Å²) >= 11 is 0. The van der Waals surface area contributed by atoms with E-state index in [1.807, 2.05) is 0 Å². The summed E-state index contributed by atoms with van der Waals surface area (Å²) in [6.07, 6.45) is 1.04. The molecule has 30 heavy (non-hydrogen) atoms.